The van der Waals surface area contributed by atoms with E-state index in [1.807, 2.05) is 0 Å². The van der Waals surface area contributed by atoms with E-state index in [0.717, 1.165) is 0 Å². The molecular formula is C3H8Cl2N2O. The molecule has 0 saturated carbocycles. The Balaban J connectivity index is 0. The molecule has 50 valence electrons. The standard InChI is InChI=1S/C3H7ClN2O.ClH/c4-1-2-6-3(5)7;/h1-2H2,(H3,5,6,7);1H. The summed E-state index contributed by atoms with van der Waals surface area (Å²) in [5.41, 5.74) is 4.67. The zero-order chi connectivity index (χ0) is 5.70. The molecule has 0 heterocycles. The quantitative estimate of drug-likeness (QED) is 0.560. The van der Waals surface area contributed by atoms with Gasteiger partial charge in [-0.15, -0.1) is 24.0 Å². The van der Waals surface area contributed by atoms with Gasteiger partial charge in [0, 0.05) is 12.4 Å². The van der Waals surface area contributed by atoms with E-state index in [4.69, 9.17) is 11.6 Å². The summed E-state index contributed by atoms with van der Waals surface area (Å²) in [5, 5.41) is 2.30. The lowest BCUT2D eigenvalue weighted by atomic mass is 10.7. The van der Waals surface area contributed by atoms with Crippen molar-refractivity contribution in [2.24, 2.45) is 5.73 Å². The second-order valence-corrected chi connectivity index (χ2v) is 1.36. The average molecular weight is 159 g/mol. The van der Waals surface area contributed by atoms with E-state index in [9.17, 15) is 4.79 Å². The maximum absolute atomic E-state index is 9.81. The molecule has 0 aromatic carbocycles. The van der Waals surface area contributed by atoms with Gasteiger partial charge in [0.1, 0.15) is 0 Å². The Morgan fingerprint density at radius 2 is 2.25 bits per heavy atom. The third-order valence-electron chi connectivity index (χ3n) is 0.394. The van der Waals surface area contributed by atoms with Crippen LogP contribution in [-0.4, -0.2) is 18.5 Å². The largest absolute Gasteiger partial charge is 0.352 e. The summed E-state index contributed by atoms with van der Waals surface area (Å²) in [6, 6.07) is -0.527. The van der Waals surface area contributed by atoms with Gasteiger partial charge in [-0.1, -0.05) is 0 Å². The van der Waals surface area contributed by atoms with Crippen LogP contribution in [-0.2, 0) is 0 Å². The SMILES string of the molecule is Cl.NC(=O)NCCCl. The highest BCUT2D eigenvalue weighted by Gasteiger charge is 1.84. The third kappa shape index (κ3) is 9.28. The van der Waals surface area contributed by atoms with Crippen molar-refractivity contribution in [3.8, 4) is 0 Å². The maximum Gasteiger partial charge on any atom is 0.312 e. The molecule has 5 heteroatoms. The molecule has 0 rings (SSSR count). The Kier molecular flexibility index (Phi) is 9.22. The van der Waals surface area contributed by atoms with Crippen molar-refractivity contribution in [3.63, 3.8) is 0 Å². The van der Waals surface area contributed by atoms with Crippen molar-refractivity contribution in [2.75, 3.05) is 12.4 Å². The van der Waals surface area contributed by atoms with Crippen LogP contribution in [0.3, 0.4) is 0 Å². The van der Waals surface area contributed by atoms with Crippen molar-refractivity contribution in [1.29, 1.82) is 0 Å². The molecule has 3 N–H and O–H groups in total. The molecule has 0 atom stereocenters. The molecule has 0 aliphatic heterocycles. The zero-order valence-corrected chi connectivity index (χ0v) is 5.76. The predicted molar refractivity (Wildman–Crippen MR) is 35.6 cm³/mol. The predicted octanol–water partition coefficient (Wildman–Crippen LogP) is 0.315. The smallest absolute Gasteiger partial charge is 0.312 e. The molecule has 0 unspecified atom stereocenters. The molecule has 0 aromatic heterocycles. The molecule has 0 saturated heterocycles. The van der Waals surface area contributed by atoms with E-state index < -0.39 is 6.03 Å². The summed E-state index contributed by atoms with van der Waals surface area (Å²) in [6.07, 6.45) is 0. The molecule has 0 aromatic rings. The van der Waals surface area contributed by atoms with Crippen LogP contribution in [0.25, 0.3) is 0 Å². The van der Waals surface area contributed by atoms with Crippen LogP contribution in [0.1, 0.15) is 0 Å². The van der Waals surface area contributed by atoms with Gasteiger partial charge in [-0.25, -0.2) is 4.79 Å². The summed E-state index contributed by atoms with van der Waals surface area (Å²) in [6.45, 7) is 0.441. The highest BCUT2D eigenvalue weighted by atomic mass is 35.5. The first kappa shape index (κ1) is 10.8. The Hall–Kier alpha value is -0.150. The van der Waals surface area contributed by atoms with Gasteiger partial charge in [-0.05, 0) is 0 Å². The molecule has 0 spiro atoms. The van der Waals surface area contributed by atoms with Gasteiger partial charge in [-0.3, -0.25) is 0 Å². The monoisotopic (exact) mass is 158 g/mol. The minimum atomic E-state index is -0.527. The maximum atomic E-state index is 9.81. The van der Waals surface area contributed by atoms with Gasteiger partial charge in [0.25, 0.3) is 0 Å². The van der Waals surface area contributed by atoms with Crippen LogP contribution < -0.4 is 11.1 Å². The number of carbonyl (C=O) groups is 1. The highest BCUT2D eigenvalue weighted by Crippen LogP contribution is 1.66. The van der Waals surface area contributed by atoms with Crippen LogP contribution >= 0.6 is 24.0 Å². The van der Waals surface area contributed by atoms with Crippen LogP contribution in [0.15, 0.2) is 0 Å². The Morgan fingerprint density at radius 1 is 1.75 bits per heavy atom. The number of hydrogen-bond donors (Lipinski definition) is 2. The minimum Gasteiger partial charge on any atom is -0.352 e. The first-order valence-corrected chi connectivity index (χ1v) is 2.40. The van der Waals surface area contributed by atoms with Gasteiger partial charge in [0.2, 0.25) is 0 Å². The molecular weight excluding hydrogens is 151 g/mol. The number of rotatable bonds is 2. The van der Waals surface area contributed by atoms with Gasteiger partial charge < -0.3 is 11.1 Å². The topological polar surface area (TPSA) is 55.1 Å². The summed E-state index contributed by atoms with van der Waals surface area (Å²) in [7, 11) is 0. The lowest BCUT2D eigenvalue weighted by molar-refractivity contribution is 0.249. The third-order valence-corrected chi connectivity index (χ3v) is 0.583. The molecule has 0 bridgehead atoms. The molecule has 0 aliphatic carbocycles. The van der Waals surface area contributed by atoms with Gasteiger partial charge in [0.05, 0.1) is 0 Å². The second kappa shape index (κ2) is 6.85. The van der Waals surface area contributed by atoms with E-state index in [0.29, 0.717) is 12.4 Å². The Bertz CT molecular complexity index is 68.3. The van der Waals surface area contributed by atoms with Gasteiger partial charge >= 0.3 is 6.03 Å². The van der Waals surface area contributed by atoms with E-state index in [-0.39, 0.29) is 12.4 Å². The molecule has 3 nitrogen and oxygen atoms in total. The lowest BCUT2D eigenvalue weighted by Crippen LogP contribution is -2.30. The van der Waals surface area contributed by atoms with Crippen molar-refractivity contribution in [2.45, 2.75) is 0 Å². The highest BCUT2D eigenvalue weighted by molar-refractivity contribution is 6.18. The molecule has 2 amide bonds. The summed E-state index contributed by atoms with van der Waals surface area (Å²) in [5.74, 6) is 0.406. The normalized spacial score (nSPS) is 7.12. The average Bonchev–Trinajstić information content (AvgIpc) is 1.61. The van der Waals surface area contributed by atoms with Gasteiger partial charge in [0.15, 0.2) is 0 Å². The van der Waals surface area contributed by atoms with Crippen molar-refractivity contribution < 1.29 is 4.79 Å². The second-order valence-electron chi connectivity index (χ2n) is 0.980. The molecule has 0 radical (unpaired) electrons. The first-order valence-electron chi connectivity index (χ1n) is 1.86. The lowest BCUT2D eigenvalue weighted by Gasteiger charge is -1.92. The van der Waals surface area contributed by atoms with E-state index >= 15 is 0 Å². The zero-order valence-electron chi connectivity index (χ0n) is 4.19. The summed E-state index contributed by atoms with van der Waals surface area (Å²) in [4.78, 5) is 9.81. The Labute approximate surface area is 59.0 Å². The van der Waals surface area contributed by atoms with Gasteiger partial charge in [-0.2, -0.15) is 0 Å². The van der Waals surface area contributed by atoms with Crippen molar-refractivity contribution >= 4 is 30.0 Å². The number of alkyl halides is 1. The fourth-order valence-electron chi connectivity index (χ4n) is 0.170. The number of primary amides is 1. The summed E-state index contributed by atoms with van der Waals surface area (Å²) >= 11 is 5.18. The number of hydrogen-bond acceptors (Lipinski definition) is 1. The van der Waals surface area contributed by atoms with E-state index in [1.165, 1.54) is 0 Å². The number of urea groups is 1. The minimum absolute atomic E-state index is 0. The molecule has 8 heavy (non-hydrogen) atoms. The fourth-order valence-corrected chi connectivity index (χ4v) is 0.265. The van der Waals surface area contributed by atoms with Crippen LogP contribution in [0, 0.1) is 0 Å². The summed E-state index contributed by atoms with van der Waals surface area (Å²) < 4.78 is 0. The first-order chi connectivity index (χ1) is 3.27. The van der Waals surface area contributed by atoms with Crippen molar-refractivity contribution in [3.05, 3.63) is 0 Å². The van der Waals surface area contributed by atoms with Crippen LogP contribution in [0.5, 0.6) is 0 Å². The van der Waals surface area contributed by atoms with E-state index in [2.05, 4.69) is 11.1 Å². The van der Waals surface area contributed by atoms with Crippen LogP contribution in [0.4, 0.5) is 4.79 Å². The number of carbonyl (C=O) groups excluding carboxylic acids is 1. The number of halogens is 2. The number of nitrogens with one attached hydrogen (secondary N) is 1. The van der Waals surface area contributed by atoms with Crippen LogP contribution in [0.2, 0.25) is 0 Å². The van der Waals surface area contributed by atoms with Crippen molar-refractivity contribution in [1.82, 2.24) is 5.32 Å². The number of amides is 2. The number of nitrogens with two attached hydrogens (primary N) is 1. The molecule has 0 aliphatic rings. The fraction of sp³-hybridized carbons (Fsp3) is 0.667. The molecule has 0 fully saturated rings. The Morgan fingerprint density at radius 3 is 2.38 bits per heavy atom. The van der Waals surface area contributed by atoms with E-state index in [1.54, 1.807) is 0 Å².